The molecule has 1 aromatic heterocycles. The molecule has 0 saturated carbocycles. The Bertz CT molecular complexity index is 1020. The molecule has 1 heterocycles. The van der Waals surface area contributed by atoms with E-state index in [-0.39, 0.29) is 6.03 Å². The lowest BCUT2D eigenvalue weighted by molar-refractivity contribution is 0.230. The molecule has 2 amide bonds. The lowest BCUT2D eigenvalue weighted by Gasteiger charge is -2.16. The fraction of sp³-hybridized carbons (Fsp3) is 0.333. The van der Waals surface area contributed by atoms with Crippen LogP contribution in [0.2, 0.25) is 0 Å². The van der Waals surface area contributed by atoms with E-state index in [2.05, 4.69) is 19.2 Å². The van der Waals surface area contributed by atoms with Gasteiger partial charge in [0.25, 0.3) is 0 Å². The molecule has 0 unspecified atom stereocenters. The van der Waals surface area contributed by atoms with E-state index in [1.807, 2.05) is 49.4 Å². The van der Waals surface area contributed by atoms with Crippen LogP contribution in [0.15, 0.2) is 42.5 Å². The van der Waals surface area contributed by atoms with E-state index in [0.717, 1.165) is 27.7 Å². The van der Waals surface area contributed by atoms with E-state index in [0.29, 0.717) is 17.2 Å². The van der Waals surface area contributed by atoms with E-state index >= 15 is 0 Å². The minimum atomic E-state index is -0.189. The van der Waals surface area contributed by atoms with Crippen molar-refractivity contribution in [2.45, 2.75) is 27.2 Å². The number of hydrogen-bond acceptors (Lipinski definition) is 4. The predicted octanol–water partition coefficient (Wildman–Crippen LogP) is 5.74. The average molecular weight is 410 g/mol. The molecule has 2 aromatic carbocycles. The summed E-state index contributed by atoms with van der Waals surface area (Å²) in [6, 6.07) is 13.3. The molecule has 0 aliphatic carbocycles. The summed E-state index contributed by atoms with van der Waals surface area (Å²) in [6.07, 6.45) is 1.25. The van der Waals surface area contributed by atoms with E-state index in [4.69, 9.17) is 14.5 Å². The molecule has 6 heteroatoms. The standard InChI is InChI=1S/C21H23N3O3.C3H8/c1-13-16-12-20(27-5)19(26-4)11-14(16)10-18(22-13)15-8-6-7-9-17(15)23-21(25)24(2)3;1-3-2/h6-12H,1-5H3,(H,23,25);3H2,1-2H3. The molecule has 0 spiro atoms. The monoisotopic (exact) mass is 409 g/mol. The molecule has 0 radical (unpaired) electrons. The topological polar surface area (TPSA) is 63.7 Å². The highest BCUT2D eigenvalue weighted by Crippen LogP contribution is 2.36. The Kier molecular flexibility index (Phi) is 8.04. The van der Waals surface area contributed by atoms with Crippen molar-refractivity contribution in [2.24, 2.45) is 0 Å². The second-order valence-electron chi connectivity index (χ2n) is 7.10. The highest BCUT2D eigenvalue weighted by atomic mass is 16.5. The molecule has 0 aliphatic heterocycles. The van der Waals surface area contributed by atoms with E-state index < -0.39 is 0 Å². The van der Waals surface area contributed by atoms with Gasteiger partial charge in [0.1, 0.15) is 0 Å². The first-order valence-corrected chi connectivity index (χ1v) is 9.97. The van der Waals surface area contributed by atoms with Crippen LogP contribution in [0.1, 0.15) is 26.0 Å². The summed E-state index contributed by atoms with van der Waals surface area (Å²) in [4.78, 5) is 18.3. The van der Waals surface area contributed by atoms with Crippen LogP contribution in [-0.2, 0) is 0 Å². The van der Waals surface area contributed by atoms with Gasteiger partial charge in [0.15, 0.2) is 11.5 Å². The van der Waals surface area contributed by atoms with Crippen molar-refractivity contribution < 1.29 is 14.3 Å². The molecule has 0 fully saturated rings. The first-order chi connectivity index (χ1) is 14.4. The molecule has 3 rings (SSSR count). The molecule has 0 atom stereocenters. The van der Waals surface area contributed by atoms with Crippen molar-refractivity contribution >= 4 is 22.5 Å². The van der Waals surface area contributed by atoms with Crippen LogP contribution in [0.5, 0.6) is 11.5 Å². The molecular weight excluding hydrogens is 378 g/mol. The number of carbonyl (C=O) groups excluding carboxylic acids is 1. The van der Waals surface area contributed by atoms with E-state index in [9.17, 15) is 4.79 Å². The molecule has 30 heavy (non-hydrogen) atoms. The number of fused-ring (bicyclic) bond motifs is 1. The van der Waals surface area contributed by atoms with Crippen LogP contribution in [-0.4, -0.2) is 44.2 Å². The van der Waals surface area contributed by atoms with Crippen LogP contribution in [0, 0.1) is 6.92 Å². The number of methoxy groups -OCH3 is 2. The predicted molar refractivity (Wildman–Crippen MR) is 124 cm³/mol. The zero-order chi connectivity index (χ0) is 22.3. The van der Waals surface area contributed by atoms with Gasteiger partial charge in [-0.25, -0.2) is 4.79 Å². The second-order valence-corrected chi connectivity index (χ2v) is 7.10. The minimum Gasteiger partial charge on any atom is -0.493 e. The Balaban J connectivity index is 0.00000101. The zero-order valence-electron chi connectivity index (χ0n) is 18.9. The number of aromatic nitrogens is 1. The third-order valence-electron chi connectivity index (χ3n) is 4.38. The number of nitrogens with zero attached hydrogens (tertiary/aromatic N) is 2. The van der Waals surface area contributed by atoms with Crippen LogP contribution in [0.3, 0.4) is 0 Å². The summed E-state index contributed by atoms with van der Waals surface area (Å²) >= 11 is 0. The van der Waals surface area contributed by atoms with Crippen molar-refractivity contribution in [3.8, 4) is 22.8 Å². The SMILES string of the molecule is CCC.COc1cc2cc(-c3ccccc3NC(=O)N(C)C)nc(C)c2cc1OC. The van der Waals surface area contributed by atoms with Gasteiger partial charge >= 0.3 is 6.03 Å². The van der Waals surface area contributed by atoms with Crippen molar-refractivity contribution in [2.75, 3.05) is 33.6 Å². The maximum Gasteiger partial charge on any atom is 0.321 e. The quantitative estimate of drug-likeness (QED) is 0.597. The Morgan fingerprint density at radius 1 is 1.03 bits per heavy atom. The van der Waals surface area contributed by atoms with Crippen LogP contribution in [0.25, 0.3) is 22.0 Å². The number of anilines is 1. The van der Waals surface area contributed by atoms with Gasteiger partial charge in [-0.05, 0) is 36.6 Å². The Hall–Kier alpha value is -3.28. The van der Waals surface area contributed by atoms with Crippen molar-refractivity contribution in [1.29, 1.82) is 0 Å². The van der Waals surface area contributed by atoms with Crippen molar-refractivity contribution in [3.05, 3.63) is 48.2 Å². The number of pyridine rings is 1. The fourth-order valence-corrected chi connectivity index (χ4v) is 2.93. The number of para-hydroxylation sites is 1. The number of rotatable bonds is 4. The maximum absolute atomic E-state index is 12.1. The van der Waals surface area contributed by atoms with Gasteiger partial charge < -0.3 is 19.7 Å². The molecule has 0 saturated heterocycles. The van der Waals surface area contributed by atoms with Gasteiger partial charge in [0.05, 0.1) is 25.6 Å². The van der Waals surface area contributed by atoms with Crippen LogP contribution < -0.4 is 14.8 Å². The summed E-state index contributed by atoms with van der Waals surface area (Å²) in [7, 11) is 6.64. The van der Waals surface area contributed by atoms with Gasteiger partial charge in [-0.2, -0.15) is 0 Å². The molecule has 0 aliphatic rings. The zero-order valence-corrected chi connectivity index (χ0v) is 18.9. The lowest BCUT2D eigenvalue weighted by atomic mass is 10.0. The highest BCUT2D eigenvalue weighted by Gasteiger charge is 2.14. The first-order valence-electron chi connectivity index (χ1n) is 9.97. The summed E-state index contributed by atoms with van der Waals surface area (Å²) in [5, 5.41) is 4.90. The van der Waals surface area contributed by atoms with Crippen molar-refractivity contribution in [3.63, 3.8) is 0 Å². The number of aryl methyl sites for hydroxylation is 1. The lowest BCUT2D eigenvalue weighted by Crippen LogP contribution is -2.27. The smallest absolute Gasteiger partial charge is 0.321 e. The maximum atomic E-state index is 12.1. The third kappa shape index (κ3) is 5.20. The fourth-order valence-electron chi connectivity index (χ4n) is 2.93. The highest BCUT2D eigenvalue weighted by molar-refractivity contribution is 5.96. The number of nitrogens with one attached hydrogen (secondary N) is 1. The number of ether oxygens (including phenoxy) is 2. The number of hydrogen-bond donors (Lipinski definition) is 1. The molecule has 6 nitrogen and oxygen atoms in total. The van der Waals surface area contributed by atoms with Gasteiger partial charge in [0, 0.05) is 30.7 Å². The Morgan fingerprint density at radius 2 is 1.63 bits per heavy atom. The van der Waals surface area contributed by atoms with Gasteiger partial charge in [0.2, 0.25) is 0 Å². The molecule has 0 bridgehead atoms. The summed E-state index contributed by atoms with van der Waals surface area (Å²) in [5.74, 6) is 1.33. The van der Waals surface area contributed by atoms with Crippen LogP contribution in [0.4, 0.5) is 10.5 Å². The van der Waals surface area contributed by atoms with E-state index in [1.165, 1.54) is 11.3 Å². The molecule has 160 valence electrons. The summed E-state index contributed by atoms with van der Waals surface area (Å²) in [5.41, 5.74) is 3.22. The number of benzene rings is 2. The van der Waals surface area contributed by atoms with Crippen LogP contribution >= 0.6 is 0 Å². The molecule has 3 aromatic rings. The second kappa shape index (κ2) is 10.5. The Morgan fingerprint density at radius 3 is 2.23 bits per heavy atom. The molecular formula is C24H31N3O3. The number of urea groups is 1. The number of amides is 2. The normalized spacial score (nSPS) is 10.1. The summed E-state index contributed by atoms with van der Waals surface area (Å²) in [6.45, 7) is 6.21. The van der Waals surface area contributed by atoms with Crippen molar-refractivity contribution in [1.82, 2.24) is 9.88 Å². The first kappa shape index (κ1) is 23.0. The third-order valence-corrected chi connectivity index (χ3v) is 4.38. The average Bonchev–Trinajstić information content (AvgIpc) is 2.73. The van der Waals surface area contributed by atoms with E-state index in [1.54, 1.807) is 28.3 Å². The van der Waals surface area contributed by atoms with Gasteiger partial charge in [-0.15, -0.1) is 0 Å². The molecule has 1 N–H and O–H groups in total. The minimum absolute atomic E-state index is 0.189. The van der Waals surface area contributed by atoms with Gasteiger partial charge in [-0.1, -0.05) is 38.5 Å². The summed E-state index contributed by atoms with van der Waals surface area (Å²) < 4.78 is 10.8. The van der Waals surface area contributed by atoms with Gasteiger partial charge in [-0.3, -0.25) is 4.98 Å². The Labute approximate surface area is 178 Å². The number of carbonyl (C=O) groups is 1. The largest absolute Gasteiger partial charge is 0.493 e.